The molecule has 3 heterocycles. The molecule has 2 aliphatic heterocycles. The van der Waals surface area contributed by atoms with Gasteiger partial charge in [0.2, 0.25) is 5.13 Å². The van der Waals surface area contributed by atoms with Crippen LogP contribution < -0.4 is 4.90 Å². The molecule has 0 aliphatic carbocycles. The molecule has 3 rings (SSSR count). The molecule has 0 saturated carbocycles. The van der Waals surface area contributed by atoms with E-state index >= 15 is 0 Å². The number of ether oxygens (including phenoxy) is 1. The molecule has 1 aromatic heterocycles. The summed E-state index contributed by atoms with van der Waals surface area (Å²) in [6.45, 7) is 9.49. The number of nitrogens with zero attached hydrogens (tertiary/aromatic N) is 4. The van der Waals surface area contributed by atoms with Gasteiger partial charge in [-0.15, -0.1) is 10.2 Å². The van der Waals surface area contributed by atoms with Crippen molar-refractivity contribution >= 4 is 16.5 Å². The lowest BCUT2D eigenvalue weighted by atomic mass is 9.80. The molecule has 106 valence electrons. The molecule has 1 atom stereocenters. The van der Waals surface area contributed by atoms with Crippen molar-refractivity contribution in [1.29, 1.82) is 0 Å². The van der Waals surface area contributed by atoms with E-state index in [0.717, 1.165) is 51.1 Å². The van der Waals surface area contributed by atoms with E-state index in [9.17, 15) is 0 Å². The number of aromatic nitrogens is 2. The maximum Gasteiger partial charge on any atom is 0.208 e. The lowest BCUT2D eigenvalue weighted by molar-refractivity contribution is 0.0562. The zero-order valence-electron chi connectivity index (χ0n) is 11.5. The van der Waals surface area contributed by atoms with E-state index in [0.29, 0.717) is 0 Å². The fourth-order valence-corrected chi connectivity index (χ4v) is 3.86. The number of hydrogen-bond acceptors (Lipinski definition) is 6. The Hall–Kier alpha value is -0.720. The minimum absolute atomic E-state index is 0.274. The quantitative estimate of drug-likeness (QED) is 0.822. The smallest absolute Gasteiger partial charge is 0.208 e. The Balaban J connectivity index is 1.75. The van der Waals surface area contributed by atoms with E-state index in [2.05, 4.69) is 26.9 Å². The molecule has 6 heteroatoms. The Bertz CT molecular complexity index is 399. The first-order valence-corrected chi connectivity index (χ1v) is 8.00. The molecule has 2 aliphatic rings. The van der Waals surface area contributed by atoms with Crippen LogP contribution in [0.3, 0.4) is 0 Å². The van der Waals surface area contributed by atoms with Gasteiger partial charge in [0.05, 0.1) is 13.2 Å². The minimum Gasteiger partial charge on any atom is -0.379 e. The third kappa shape index (κ3) is 2.90. The van der Waals surface area contributed by atoms with E-state index in [1.165, 1.54) is 12.8 Å². The van der Waals surface area contributed by atoms with Crippen LogP contribution in [0.1, 0.15) is 19.8 Å². The highest BCUT2D eigenvalue weighted by molar-refractivity contribution is 7.13. The summed E-state index contributed by atoms with van der Waals surface area (Å²) in [6.07, 6.45) is 2.49. The maximum atomic E-state index is 5.88. The van der Waals surface area contributed by atoms with Gasteiger partial charge >= 0.3 is 0 Å². The second-order valence-corrected chi connectivity index (χ2v) is 6.48. The molecule has 2 fully saturated rings. The molecule has 1 aromatic rings. The van der Waals surface area contributed by atoms with E-state index in [-0.39, 0.29) is 5.41 Å². The zero-order chi connectivity index (χ0) is 13.1. The van der Waals surface area contributed by atoms with Crippen LogP contribution in [-0.2, 0) is 4.74 Å². The molecule has 0 amide bonds. The summed E-state index contributed by atoms with van der Waals surface area (Å²) in [5.41, 5.74) is 2.09. The summed E-state index contributed by atoms with van der Waals surface area (Å²) in [4.78, 5) is 4.92. The average molecular weight is 282 g/mol. The predicted octanol–water partition coefficient (Wildman–Crippen LogP) is 1.48. The number of anilines is 1. The molecule has 2 saturated heterocycles. The first-order valence-electron chi connectivity index (χ1n) is 7.13. The lowest BCUT2D eigenvalue weighted by Gasteiger charge is -2.43. The summed E-state index contributed by atoms with van der Waals surface area (Å²) in [6, 6.07) is 0. The van der Waals surface area contributed by atoms with Crippen molar-refractivity contribution in [3.8, 4) is 0 Å². The van der Waals surface area contributed by atoms with Crippen molar-refractivity contribution in [3.05, 3.63) is 5.51 Å². The van der Waals surface area contributed by atoms with Gasteiger partial charge in [-0.05, 0) is 19.4 Å². The van der Waals surface area contributed by atoms with Crippen molar-refractivity contribution in [3.63, 3.8) is 0 Å². The molecule has 5 nitrogen and oxygen atoms in total. The largest absolute Gasteiger partial charge is 0.379 e. The van der Waals surface area contributed by atoms with Crippen molar-refractivity contribution in [1.82, 2.24) is 15.1 Å². The summed E-state index contributed by atoms with van der Waals surface area (Å²) in [5, 5.41) is 9.25. The normalized spacial score (nSPS) is 29.6. The fourth-order valence-electron chi connectivity index (χ4n) is 3.27. The second-order valence-electron chi connectivity index (χ2n) is 5.67. The number of hydrogen-bond donors (Lipinski definition) is 0. The number of piperidine rings is 1. The van der Waals surface area contributed by atoms with Gasteiger partial charge in [-0.3, -0.25) is 0 Å². The first kappa shape index (κ1) is 13.3. The average Bonchev–Trinajstić information content (AvgIpc) is 2.90. The number of likely N-dealkylation sites (N-methyl/N-ethyl adjacent to an activating group) is 1. The second kappa shape index (κ2) is 5.73. The fraction of sp³-hybridized carbons (Fsp3) is 0.846. The molecule has 0 aromatic carbocycles. The monoisotopic (exact) mass is 282 g/mol. The van der Waals surface area contributed by atoms with E-state index < -0.39 is 0 Å². The standard InChI is InChI=1S/C13H22N4OS/c1-2-16-6-7-18-10-13(8-16)4-3-5-17(9-13)12-15-14-11-19-12/h11H,2-10H2,1H3. The Morgan fingerprint density at radius 2 is 2.37 bits per heavy atom. The van der Waals surface area contributed by atoms with E-state index in [4.69, 9.17) is 4.74 Å². The third-order valence-corrected chi connectivity index (χ3v) is 5.00. The van der Waals surface area contributed by atoms with E-state index in [1.54, 1.807) is 11.3 Å². The Morgan fingerprint density at radius 3 is 3.16 bits per heavy atom. The van der Waals surface area contributed by atoms with Gasteiger partial charge in [-0.1, -0.05) is 18.3 Å². The van der Waals surface area contributed by atoms with Gasteiger partial charge < -0.3 is 14.5 Å². The third-order valence-electron chi connectivity index (χ3n) is 4.25. The van der Waals surface area contributed by atoms with Crippen LogP contribution >= 0.6 is 11.3 Å². The Labute approximate surface area is 118 Å². The van der Waals surface area contributed by atoms with Crippen LogP contribution in [0.5, 0.6) is 0 Å². The summed E-state index contributed by atoms with van der Waals surface area (Å²) >= 11 is 1.64. The molecule has 1 spiro atoms. The highest BCUT2D eigenvalue weighted by Gasteiger charge is 2.39. The van der Waals surface area contributed by atoms with Gasteiger partial charge in [-0.2, -0.15) is 0 Å². The first-order chi connectivity index (χ1) is 9.31. The molecular weight excluding hydrogens is 260 g/mol. The van der Waals surface area contributed by atoms with Crippen LogP contribution in [0.25, 0.3) is 0 Å². The highest BCUT2D eigenvalue weighted by Crippen LogP contribution is 2.35. The summed E-state index contributed by atoms with van der Waals surface area (Å²) in [7, 11) is 0. The maximum absolute atomic E-state index is 5.88. The number of rotatable bonds is 2. The van der Waals surface area contributed by atoms with Crippen LogP contribution in [0.4, 0.5) is 5.13 Å². The lowest BCUT2D eigenvalue weighted by Crippen LogP contribution is -2.50. The molecule has 0 N–H and O–H groups in total. The molecule has 0 radical (unpaired) electrons. The van der Waals surface area contributed by atoms with Gasteiger partial charge in [0, 0.05) is 31.6 Å². The topological polar surface area (TPSA) is 41.5 Å². The van der Waals surface area contributed by atoms with Gasteiger partial charge in [0.1, 0.15) is 5.51 Å². The van der Waals surface area contributed by atoms with Crippen molar-refractivity contribution in [2.24, 2.45) is 5.41 Å². The van der Waals surface area contributed by atoms with Crippen LogP contribution in [0.2, 0.25) is 0 Å². The minimum atomic E-state index is 0.274. The Kier molecular flexibility index (Phi) is 4.00. The Morgan fingerprint density at radius 1 is 1.42 bits per heavy atom. The predicted molar refractivity (Wildman–Crippen MR) is 76.7 cm³/mol. The van der Waals surface area contributed by atoms with Crippen LogP contribution in [-0.4, -0.2) is 61.0 Å². The zero-order valence-corrected chi connectivity index (χ0v) is 12.4. The van der Waals surface area contributed by atoms with Crippen molar-refractivity contribution < 1.29 is 4.74 Å². The molecular formula is C13H22N4OS. The van der Waals surface area contributed by atoms with Gasteiger partial charge in [-0.25, -0.2) is 0 Å². The van der Waals surface area contributed by atoms with Crippen molar-refractivity contribution in [2.45, 2.75) is 19.8 Å². The van der Waals surface area contributed by atoms with Gasteiger partial charge in [0.25, 0.3) is 0 Å². The van der Waals surface area contributed by atoms with E-state index in [1.807, 2.05) is 5.51 Å². The summed E-state index contributed by atoms with van der Waals surface area (Å²) in [5.74, 6) is 0. The molecule has 19 heavy (non-hydrogen) atoms. The molecule has 0 bridgehead atoms. The van der Waals surface area contributed by atoms with Crippen LogP contribution in [0, 0.1) is 5.41 Å². The van der Waals surface area contributed by atoms with Crippen molar-refractivity contribution in [2.75, 3.05) is 50.8 Å². The highest BCUT2D eigenvalue weighted by atomic mass is 32.1. The summed E-state index contributed by atoms with van der Waals surface area (Å²) < 4.78 is 5.88. The van der Waals surface area contributed by atoms with Crippen LogP contribution in [0.15, 0.2) is 5.51 Å². The SMILES string of the molecule is CCN1CCOCC2(CCCN(c3nncs3)C2)C1. The molecule has 1 unspecified atom stereocenters. The van der Waals surface area contributed by atoms with Gasteiger partial charge in [0.15, 0.2) is 0 Å².